The topological polar surface area (TPSA) is 58.6 Å². The molecule has 1 amide bonds. The molecular weight excluding hydrogens is 322 g/mol. The molecule has 2 N–H and O–H groups in total. The van der Waals surface area contributed by atoms with Crippen molar-refractivity contribution in [3.63, 3.8) is 0 Å². The molecule has 0 heterocycles. The minimum absolute atomic E-state index is 0.0675. The van der Waals surface area contributed by atoms with Crippen LogP contribution in [0.1, 0.15) is 15.9 Å². The van der Waals surface area contributed by atoms with E-state index < -0.39 is 0 Å². The molecule has 0 aliphatic rings. The van der Waals surface area contributed by atoms with Gasteiger partial charge in [0.2, 0.25) is 0 Å². The van der Waals surface area contributed by atoms with Crippen molar-refractivity contribution in [3.05, 3.63) is 52.0 Å². The highest BCUT2D eigenvalue weighted by molar-refractivity contribution is 9.10. The van der Waals surface area contributed by atoms with E-state index in [0.717, 1.165) is 11.3 Å². The fraction of sp³-hybridized carbons (Fsp3) is 0.133. The van der Waals surface area contributed by atoms with Crippen LogP contribution in [0, 0.1) is 6.92 Å². The van der Waals surface area contributed by atoms with Gasteiger partial charge in [-0.15, -0.1) is 0 Å². The second-order valence-corrected chi connectivity index (χ2v) is 5.22. The molecule has 0 aliphatic heterocycles. The Hall–Kier alpha value is -2.01. The highest BCUT2D eigenvalue weighted by atomic mass is 79.9. The van der Waals surface area contributed by atoms with Crippen LogP contribution in [0.5, 0.6) is 11.5 Å². The number of aryl methyl sites for hydroxylation is 1. The molecule has 4 nitrogen and oxygen atoms in total. The summed E-state index contributed by atoms with van der Waals surface area (Å²) in [6.07, 6.45) is 0. The Kier molecular flexibility index (Phi) is 4.29. The number of hydrogen-bond acceptors (Lipinski definition) is 3. The Balaban J connectivity index is 2.21. The summed E-state index contributed by atoms with van der Waals surface area (Å²) in [5, 5.41) is 12.5. The normalized spacial score (nSPS) is 10.2. The van der Waals surface area contributed by atoms with E-state index in [1.165, 1.54) is 6.07 Å². The number of methoxy groups -OCH3 is 1. The molecule has 0 bridgehead atoms. The van der Waals surface area contributed by atoms with Crippen LogP contribution in [0.25, 0.3) is 0 Å². The highest BCUT2D eigenvalue weighted by Gasteiger charge is 2.12. The molecule has 20 heavy (non-hydrogen) atoms. The van der Waals surface area contributed by atoms with Gasteiger partial charge in [0.15, 0.2) is 0 Å². The van der Waals surface area contributed by atoms with Gasteiger partial charge in [0, 0.05) is 10.2 Å². The number of halogens is 1. The van der Waals surface area contributed by atoms with Gasteiger partial charge in [0.1, 0.15) is 11.5 Å². The molecule has 0 unspecified atom stereocenters. The monoisotopic (exact) mass is 335 g/mol. The summed E-state index contributed by atoms with van der Waals surface area (Å²) in [4.78, 5) is 12.1. The van der Waals surface area contributed by atoms with Crippen LogP contribution >= 0.6 is 15.9 Å². The number of rotatable bonds is 3. The second-order valence-electron chi connectivity index (χ2n) is 4.30. The van der Waals surface area contributed by atoms with E-state index in [4.69, 9.17) is 4.74 Å². The Bertz CT molecular complexity index is 656. The second kappa shape index (κ2) is 5.96. The zero-order valence-corrected chi connectivity index (χ0v) is 12.7. The molecule has 0 fully saturated rings. The first-order chi connectivity index (χ1) is 9.51. The van der Waals surface area contributed by atoms with Gasteiger partial charge in [-0.3, -0.25) is 4.79 Å². The van der Waals surface area contributed by atoms with E-state index in [9.17, 15) is 9.90 Å². The van der Waals surface area contributed by atoms with E-state index in [2.05, 4.69) is 21.2 Å². The quantitative estimate of drug-likeness (QED) is 0.898. The smallest absolute Gasteiger partial charge is 0.259 e. The van der Waals surface area contributed by atoms with Gasteiger partial charge in [-0.05, 0) is 48.9 Å². The lowest BCUT2D eigenvalue weighted by atomic mass is 10.1. The van der Waals surface area contributed by atoms with Crippen LogP contribution in [0.2, 0.25) is 0 Å². The van der Waals surface area contributed by atoms with Gasteiger partial charge in [0.25, 0.3) is 5.91 Å². The first kappa shape index (κ1) is 14.4. The number of carbonyl (C=O) groups excluding carboxylic acids is 1. The molecule has 0 spiro atoms. The van der Waals surface area contributed by atoms with Crippen LogP contribution < -0.4 is 10.1 Å². The Morgan fingerprint density at radius 2 is 2.00 bits per heavy atom. The van der Waals surface area contributed by atoms with Crippen molar-refractivity contribution in [1.29, 1.82) is 0 Å². The van der Waals surface area contributed by atoms with Crippen molar-refractivity contribution in [2.75, 3.05) is 12.4 Å². The van der Waals surface area contributed by atoms with E-state index in [1.54, 1.807) is 31.4 Å². The third-order valence-corrected chi connectivity index (χ3v) is 3.35. The zero-order valence-electron chi connectivity index (χ0n) is 11.1. The Morgan fingerprint density at radius 1 is 1.25 bits per heavy atom. The van der Waals surface area contributed by atoms with Gasteiger partial charge in [0.05, 0.1) is 12.7 Å². The van der Waals surface area contributed by atoms with E-state index in [1.807, 2.05) is 13.0 Å². The lowest BCUT2D eigenvalue weighted by Gasteiger charge is -2.10. The largest absolute Gasteiger partial charge is 0.507 e. The van der Waals surface area contributed by atoms with Gasteiger partial charge < -0.3 is 15.2 Å². The number of phenols is 1. The molecule has 0 aliphatic carbocycles. The standard InChI is InChI=1S/C15H14BrNO3/c1-9-7-11(4-6-14(9)20-2)17-15(19)12-5-3-10(16)8-13(12)18/h3-8,18H,1-2H3,(H,17,19). The minimum Gasteiger partial charge on any atom is -0.507 e. The molecule has 5 heteroatoms. The number of carbonyl (C=O) groups is 1. The van der Waals surface area contributed by atoms with Crippen LogP contribution in [0.4, 0.5) is 5.69 Å². The van der Waals surface area contributed by atoms with E-state index in [-0.39, 0.29) is 17.2 Å². The van der Waals surface area contributed by atoms with Crippen LogP contribution in [-0.2, 0) is 0 Å². The van der Waals surface area contributed by atoms with E-state index in [0.29, 0.717) is 10.2 Å². The molecule has 2 rings (SSSR count). The van der Waals surface area contributed by atoms with Crippen molar-refractivity contribution < 1.29 is 14.6 Å². The summed E-state index contributed by atoms with van der Waals surface area (Å²) in [6, 6.07) is 10.1. The lowest BCUT2D eigenvalue weighted by molar-refractivity contribution is 0.102. The minimum atomic E-state index is -0.362. The van der Waals surface area contributed by atoms with Gasteiger partial charge in [-0.1, -0.05) is 15.9 Å². The average molecular weight is 336 g/mol. The summed E-state index contributed by atoms with van der Waals surface area (Å²) in [7, 11) is 1.60. The third-order valence-electron chi connectivity index (χ3n) is 2.86. The molecule has 0 saturated heterocycles. The maximum absolute atomic E-state index is 12.1. The summed E-state index contributed by atoms with van der Waals surface area (Å²) in [5.74, 6) is 0.330. The Labute approximate surface area is 125 Å². The maximum Gasteiger partial charge on any atom is 0.259 e. The SMILES string of the molecule is COc1ccc(NC(=O)c2ccc(Br)cc2O)cc1C. The molecule has 2 aromatic rings. The van der Waals surface area contributed by atoms with Gasteiger partial charge >= 0.3 is 0 Å². The summed E-state index contributed by atoms with van der Waals surface area (Å²) in [6.45, 7) is 1.89. The number of ether oxygens (including phenoxy) is 1. The van der Waals surface area contributed by atoms with Crippen LogP contribution in [0.15, 0.2) is 40.9 Å². The lowest BCUT2D eigenvalue weighted by Crippen LogP contribution is -2.12. The van der Waals surface area contributed by atoms with E-state index >= 15 is 0 Å². The third kappa shape index (κ3) is 3.11. The predicted molar refractivity (Wildman–Crippen MR) is 81.5 cm³/mol. The Morgan fingerprint density at radius 3 is 2.60 bits per heavy atom. The molecule has 0 aromatic heterocycles. The number of benzene rings is 2. The number of hydrogen-bond donors (Lipinski definition) is 2. The predicted octanol–water partition coefficient (Wildman–Crippen LogP) is 3.72. The van der Waals surface area contributed by atoms with Gasteiger partial charge in [-0.25, -0.2) is 0 Å². The van der Waals surface area contributed by atoms with Crippen molar-refractivity contribution in [2.45, 2.75) is 6.92 Å². The number of amides is 1. The van der Waals surface area contributed by atoms with Crippen LogP contribution in [-0.4, -0.2) is 18.1 Å². The number of aromatic hydroxyl groups is 1. The zero-order chi connectivity index (χ0) is 14.7. The van der Waals surface area contributed by atoms with Crippen molar-refractivity contribution in [3.8, 4) is 11.5 Å². The number of anilines is 1. The molecular formula is C15H14BrNO3. The maximum atomic E-state index is 12.1. The van der Waals surface area contributed by atoms with Crippen LogP contribution in [0.3, 0.4) is 0 Å². The summed E-state index contributed by atoms with van der Waals surface area (Å²) >= 11 is 3.23. The first-order valence-electron chi connectivity index (χ1n) is 5.96. The first-order valence-corrected chi connectivity index (χ1v) is 6.75. The molecule has 0 atom stereocenters. The molecule has 0 saturated carbocycles. The van der Waals surface area contributed by atoms with Crippen molar-refractivity contribution in [1.82, 2.24) is 0 Å². The van der Waals surface area contributed by atoms with Crippen molar-refractivity contribution >= 4 is 27.5 Å². The van der Waals surface area contributed by atoms with Gasteiger partial charge in [-0.2, -0.15) is 0 Å². The molecule has 2 aromatic carbocycles. The average Bonchev–Trinajstić information content (AvgIpc) is 2.38. The number of phenolic OH excluding ortho intramolecular Hbond substituents is 1. The fourth-order valence-electron chi connectivity index (χ4n) is 1.85. The summed E-state index contributed by atoms with van der Waals surface area (Å²) < 4.78 is 5.88. The summed E-state index contributed by atoms with van der Waals surface area (Å²) in [5.41, 5.74) is 1.79. The highest BCUT2D eigenvalue weighted by Crippen LogP contribution is 2.25. The molecule has 0 radical (unpaired) electrons. The fourth-order valence-corrected chi connectivity index (χ4v) is 2.20. The molecule has 104 valence electrons. The van der Waals surface area contributed by atoms with Crippen molar-refractivity contribution in [2.24, 2.45) is 0 Å². The number of nitrogens with one attached hydrogen (secondary N) is 1.